The largest absolute Gasteiger partial charge is 0.496 e. The molecule has 1 aromatic rings. The average Bonchev–Trinajstić information content (AvgIpc) is 2.94. The second-order valence-electron chi connectivity index (χ2n) is 5.89. The van der Waals surface area contributed by atoms with E-state index in [1.54, 1.807) is 21.0 Å². The Morgan fingerprint density at radius 3 is 2.28 bits per heavy atom. The lowest BCUT2D eigenvalue weighted by molar-refractivity contribution is -0.171. The average molecular weight is 344 g/mol. The van der Waals surface area contributed by atoms with E-state index in [0.717, 1.165) is 16.7 Å². The number of carbonyl (C=O) groups excluding carboxylic acids is 2. The third-order valence-corrected chi connectivity index (χ3v) is 4.26. The smallest absolute Gasteiger partial charge is 0.324 e. The maximum atomic E-state index is 12.5. The van der Waals surface area contributed by atoms with Crippen molar-refractivity contribution in [1.82, 2.24) is 0 Å². The monoisotopic (exact) mass is 344 g/mol. The van der Waals surface area contributed by atoms with E-state index in [4.69, 9.17) is 14.2 Å². The Labute approximate surface area is 148 Å². The summed E-state index contributed by atoms with van der Waals surface area (Å²) in [6.07, 6.45) is 2.31. The number of hydrogen-bond donors (Lipinski definition) is 0. The van der Waals surface area contributed by atoms with Crippen LogP contribution in [0.1, 0.15) is 32.3 Å². The lowest BCUT2D eigenvalue weighted by atomic mass is 9.85. The van der Waals surface area contributed by atoms with Crippen molar-refractivity contribution < 1.29 is 23.8 Å². The zero-order valence-corrected chi connectivity index (χ0v) is 15.0. The van der Waals surface area contributed by atoms with Crippen LogP contribution in [-0.2, 0) is 19.1 Å². The van der Waals surface area contributed by atoms with Gasteiger partial charge in [0.2, 0.25) is 0 Å². The summed E-state index contributed by atoms with van der Waals surface area (Å²) in [6, 6.07) is 7.55. The predicted molar refractivity (Wildman–Crippen MR) is 95.0 cm³/mol. The van der Waals surface area contributed by atoms with Crippen LogP contribution < -0.4 is 4.74 Å². The molecule has 0 amide bonds. The van der Waals surface area contributed by atoms with Crippen LogP contribution in [-0.4, -0.2) is 32.3 Å². The van der Waals surface area contributed by atoms with Crippen LogP contribution >= 0.6 is 0 Å². The Kier molecular flexibility index (Phi) is 6.02. The van der Waals surface area contributed by atoms with Crippen molar-refractivity contribution >= 4 is 18.0 Å². The van der Waals surface area contributed by atoms with Crippen LogP contribution in [0.4, 0.5) is 0 Å². The summed E-state index contributed by atoms with van der Waals surface area (Å²) in [5.74, 6) is -0.399. The molecule has 5 nitrogen and oxygen atoms in total. The maximum Gasteiger partial charge on any atom is 0.324 e. The SMILES string of the molecule is C=C1CC(C(=O)OCC)(C(=O)OCC)C/C1=C\c1ccccc1OC. The van der Waals surface area contributed by atoms with Crippen LogP contribution in [0.25, 0.3) is 6.08 Å². The van der Waals surface area contributed by atoms with Crippen molar-refractivity contribution in [1.29, 1.82) is 0 Å². The van der Waals surface area contributed by atoms with E-state index in [0.29, 0.717) is 5.75 Å². The van der Waals surface area contributed by atoms with E-state index in [1.165, 1.54) is 0 Å². The molecule has 0 atom stereocenters. The fraction of sp³-hybridized carbons (Fsp3) is 0.400. The number of para-hydroxylation sites is 1. The summed E-state index contributed by atoms with van der Waals surface area (Å²) >= 11 is 0. The highest BCUT2D eigenvalue weighted by atomic mass is 16.6. The summed E-state index contributed by atoms with van der Waals surface area (Å²) in [6.45, 7) is 7.88. The highest BCUT2D eigenvalue weighted by Gasteiger charge is 2.53. The Balaban J connectivity index is 2.41. The summed E-state index contributed by atoms with van der Waals surface area (Å²) in [5, 5.41) is 0. The van der Waals surface area contributed by atoms with E-state index in [2.05, 4.69) is 6.58 Å². The summed E-state index contributed by atoms with van der Waals surface area (Å²) in [5.41, 5.74) is 1.07. The molecule has 0 aromatic heterocycles. The minimum Gasteiger partial charge on any atom is -0.496 e. The number of rotatable bonds is 6. The molecule has 1 fully saturated rings. The Bertz CT molecular complexity index is 684. The van der Waals surface area contributed by atoms with Gasteiger partial charge in [0, 0.05) is 5.56 Å². The van der Waals surface area contributed by atoms with E-state index in [9.17, 15) is 9.59 Å². The van der Waals surface area contributed by atoms with Gasteiger partial charge in [0.25, 0.3) is 0 Å². The van der Waals surface area contributed by atoms with Crippen molar-refractivity contribution in [2.24, 2.45) is 5.41 Å². The van der Waals surface area contributed by atoms with Gasteiger partial charge >= 0.3 is 11.9 Å². The van der Waals surface area contributed by atoms with Gasteiger partial charge < -0.3 is 14.2 Å². The number of carbonyl (C=O) groups is 2. The number of ether oxygens (including phenoxy) is 3. The molecule has 1 aliphatic rings. The van der Waals surface area contributed by atoms with Crippen molar-refractivity contribution in [2.75, 3.05) is 20.3 Å². The van der Waals surface area contributed by atoms with Gasteiger partial charge in [-0.3, -0.25) is 9.59 Å². The topological polar surface area (TPSA) is 61.8 Å². The molecule has 0 unspecified atom stereocenters. The second kappa shape index (κ2) is 8.01. The molecule has 0 radical (unpaired) electrons. The molecule has 5 heteroatoms. The van der Waals surface area contributed by atoms with E-state index in [1.807, 2.05) is 30.3 Å². The van der Waals surface area contributed by atoms with Crippen molar-refractivity contribution in [3.8, 4) is 5.75 Å². The molecule has 0 N–H and O–H groups in total. The number of benzene rings is 1. The van der Waals surface area contributed by atoms with Gasteiger partial charge in [-0.1, -0.05) is 30.4 Å². The maximum absolute atomic E-state index is 12.5. The van der Waals surface area contributed by atoms with E-state index >= 15 is 0 Å². The predicted octanol–water partition coefficient (Wildman–Crippen LogP) is 3.54. The highest BCUT2D eigenvalue weighted by molar-refractivity contribution is 6.02. The minimum absolute atomic E-state index is 0.200. The van der Waals surface area contributed by atoms with Gasteiger partial charge in [-0.15, -0.1) is 0 Å². The zero-order chi connectivity index (χ0) is 18.4. The molecule has 0 bridgehead atoms. The van der Waals surface area contributed by atoms with Gasteiger partial charge in [-0.25, -0.2) is 0 Å². The van der Waals surface area contributed by atoms with E-state index in [-0.39, 0.29) is 26.1 Å². The molecule has 0 heterocycles. The summed E-state index contributed by atoms with van der Waals surface area (Å²) in [7, 11) is 1.60. The molecule has 0 spiro atoms. The molecule has 2 rings (SSSR count). The van der Waals surface area contributed by atoms with Gasteiger partial charge in [0.1, 0.15) is 5.75 Å². The molecule has 25 heavy (non-hydrogen) atoms. The number of allylic oxidation sites excluding steroid dienone is 2. The zero-order valence-electron chi connectivity index (χ0n) is 15.0. The van der Waals surface area contributed by atoms with Gasteiger partial charge in [-0.05, 0) is 44.4 Å². The highest BCUT2D eigenvalue weighted by Crippen LogP contribution is 2.47. The number of methoxy groups -OCH3 is 1. The Morgan fingerprint density at radius 2 is 1.72 bits per heavy atom. The minimum atomic E-state index is -1.35. The summed E-state index contributed by atoms with van der Waals surface area (Å²) < 4.78 is 15.7. The Morgan fingerprint density at radius 1 is 1.12 bits per heavy atom. The molecule has 1 saturated carbocycles. The van der Waals surface area contributed by atoms with Crippen LogP contribution in [0.2, 0.25) is 0 Å². The number of hydrogen-bond acceptors (Lipinski definition) is 5. The van der Waals surface area contributed by atoms with Crippen molar-refractivity contribution in [3.05, 3.63) is 47.6 Å². The molecular weight excluding hydrogens is 320 g/mol. The van der Waals surface area contributed by atoms with Crippen LogP contribution in [0.3, 0.4) is 0 Å². The standard InChI is InChI=1S/C20H24O5/c1-5-24-18(21)20(19(22)25-6-2)12-14(3)16(13-20)11-15-9-7-8-10-17(15)23-4/h7-11H,3,5-6,12-13H2,1-2,4H3/b16-11+. The molecule has 134 valence electrons. The van der Waals surface area contributed by atoms with Gasteiger partial charge in [0.05, 0.1) is 20.3 Å². The second-order valence-corrected chi connectivity index (χ2v) is 5.89. The van der Waals surface area contributed by atoms with Crippen LogP contribution in [0.15, 0.2) is 42.0 Å². The fourth-order valence-electron chi connectivity index (χ4n) is 3.03. The van der Waals surface area contributed by atoms with Crippen LogP contribution in [0.5, 0.6) is 5.75 Å². The first-order valence-electron chi connectivity index (χ1n) is 8.34. The quantitative estimate of drug-likeness (QED) is 0.583. The van der Waals surface area contributed by atoms with Crippen LogP contribution in [0, 0.1) is 5.41 Å². The fourth-order valence-corrected chi connectivity index (χ4v) is 3.03. The third kappa shape index (κ3) is 3.76. The Hall–Kier alpha value is -2.56. The normalized spacial score (nSPS) is 17.4. The lowest BCUT2D eigenvalue weighted by Crippen LogP contribution is -2.39. The number of esters is 2. The summed E-state index contributed by atoms with van der Waals surface area (Å²) in [4.78, 5) is 25.1. The first kappa shape index (κ1) is 18.8. The molecule has 0 aliphatic heterocycles. The third-order valence-electron chi connectivity index (χ3n) is 4.26. The van der Waals surface area contributed by atoms with E-state index < -0.39 is 17.4 Å². The lowest BCUT2D eigenvalue weighted by Gasteiger charge is -2.23. The first-order valence-corrected chi connectivity index (χ1v) is 8.34. The van der Waals surface area contributed by atoms with Crippen molar-refractivity contribution in [2.45, 2.75) is 26.7 Å². The van der Waals surface area contributed by atoms with Gasteiger partial charge in [0.15, 0.2) is 5.41 Å². The molecular formula is C20H24O5. The molecule has 0 saturated heterocycles. The van der Waals surface area contributed by atoms with Crippen molar-refractivity contribution in [3.63, 3.8) is 0 Å². The molecule has 1 aliphatic carbocycles. The first-order chi connectivity index (χ1) is 12.0. The molecule has 1 aromatic carbocycles. The van der Waals surface area contributed by atoms with Gasteiger partial charge in [-0.2, -0.15) is 0 Å².